The Labute approximate surface area is 324 Å². The van der Waals surface area contributed by atoms with E-state index in [0.29, 0.717) is 56.8 Å². The van der Waals surface area contributed by atoms with Gasteiger partial charge in [0, 0.05) is 24.0 Å². The second-order valence-corrected chi connectivity index (χ2v) is 20.1. The summed E-state index contributed by atoms with van der Waals surface area (Å²) in [6.07, 6.45) is 12.6. The highest BCUT2D eigenvalue weighted by Crippen LogP contribution is 2.70. The first-order chi connectivity index (χ1) is 25.6. The first-order valence-electron chi connectivity index (χ1n) is 22.1. The molecule has 7 rings (SSSR count). The van der Waals surface area contributed by atoms with Crippen LogP contribution in [0.2, 0.25) is 0 Å². The van der Waals surface area contributed by atoms with Crippen molar-refractivity contribution in [2.45, 2.75) is 197 Å². The SMILES string of the molecule is CCCC1CCC2OC(C(O)C(C)(O)C3CCC4(O)C5=CC(=O)C6CC(O)C(O)CC6(CCC6CCC(N)NC6CCCO)C5CCC34C)C(C)C2CC1. The van der Waals surface area contributed by atoms with E-state index in [1.54, 1.807) is 13.0 Å². The molecule has 308 valence electrons. The average Bonchev–Trinajstić information content (AvgIpc) is 3.51. The van der Waals surface area contributed by atoms with Gasteiger partial charge in [0.1, 0.15) is 6.10 Å². The van der Waals surface area contributed by atoms with Crippen LogP contribution >= 0.6 is 0 Å². The number of hydrogen-bond acceptors (Lipinski definition) is 10. The number of nitrogens with two attached hydrogens (primary N) is 1. The van der Waals surface area contributed by atoms with Crippen molar-refractivity contribution < 1.29 is 40.2 Å². The van der Waals surface area contributed by atoms with Gasteiger partial charge in [-0.25, -0.2) is 0 Å². The summed E-state index contributed by atoms with van der Waals surface area (Å²) in [6, 6.07) is 0.158. The maximum Gasteiger partial charge on any atom is 0.159 e. The van der Waals surface area contributed by atoms with E-state index >= 15 is 0 Å². The minimum Gasteiger partial charge on any atom is -0.396 e. The van der Waals surface area contributed by atoms with E-state index < -0.39 is 58.3 Å². The number of carbonyl (C=O) groups is 1. The smallest absolute Gasteiger partial charge is 0.159 e. The zero-order chi connectivity index (χ0) is 38.8. The fourth-order valence-corrected chi connectivity index (χ4v) is 14.4. The normalized spacial score (nSPS) is 49.5. The van der Waals surface area contributed by atoms with Crippen LogP contribution in [0.25, 0.3) is 0 Å². The first kappa shape index (κ1) is 41.2. The molecule has 6 fully saturated rings. The van der Waals surface area contributed by atoms with E-state index in [9.17, 15) is 35.4 Å². The van der Waals surface area contributed by atoms with Crippen LogP contribution in [-0.2, 0) is 9.53 Å². The van der Waals surface area contributed by atoms with Gasteiger partial charge in [-0.1, -0.05) is 40.0 Å². The summed E-state index contributed by atoms with van der Waals surface area (Å²) >= 11 is 0. The second-order valence-electron chi connectivity index (χ2n) is 20.1. The third kappa shape index (κ3) is 6.81. The molecule has 0 bridgehead atoms. The topological polar surface area (TPSA) is 186 Å². The van der Waals surface area contributed by atoms with E-state index in [1.807, 2.05) is 0 Å². The van der Waals surface area contributed by atoms with Gasteiger partial charge in [-0.15, -0.1) is 0 Å². The fourth-order valence-electron chi connectivity index (χ4n) is 14.4. The van der Waals surface area contributed by atoms with Crippen LogP contribution in [-0.4, -0.2) is 97.0 Å². The molecule has 7 aliphatic rings. The lowest BCUT2D eigenvalue weighted by atomic mass is 9.44. The van der Waals surface area contributed by atoms with Crippen molar-refractivity contribution in [1.29, 1.82) is 0 Å². The summed E-state index contributed by atoms with van der Waals surface area (Å²) in [5.41, 5.74) is 2.76. The van der Waals surface area contributed by atoms with Crippen molar-refractivity contribution >= 4 is 5.78 Å². The molecule has 2 saturated heterocycles. The number of fused-ring (bicyclic) bond motifs is 6. The van der Waals surface area contributed by atoms with Gasteiger partial charge in [-0.05, 0) is 156 Å². The Bertz CT molecular complexity index is 1380. The number of nitrogens with one attached hydrogen (secondary N) is 1. The number of aliphatic hydroxyl groups is 6. The molecule has 2 heterocycles. The van der Waals surface area contributed by atoms with Crippen LogP contribution < -0.4 is 11.1 Å². The minimum absolute atomic E-state index is 0.0754. The van der Waals surface area contributed by atoms with Gasteiger partial charge < -0.3 is 41.1 Å². The maximum absolute atomic E-state index is 14.3. The van der Waals surface area contributed by atoms with E-state index in [1.165, 1.54) is 19.3 Å². The third-order valence-electron chi connectivity index (χ3n) is 17.4. The van der Waals surface area contributed by atoms with Crippen LogP contribution in [0.3, 0.4) is 0 Å². The minimum atomic E-state index is -1.53. The van der Waals surface area contributed by atoms with Crippen molar-refractivity contribution in [3.63, 3.8) is 0 Å². The summed E-state index contributed by atoms with van der Waals surface area (Å²) < 4.78 is 6.69. The van der Waals surface area contributed by atoms with Crippen LogP contribution in [0.4, 0.5) is 0 Å². The van der Waals surface area contributed by atoms with Crippen molar-refractivity contribution in [2.75, 3.05) is 6.61 Å². The molecule has 10 heteroatoms. The highest BCUT2D eigenvalue weighted by Gasteiger charge is 2.70. The lowest BCUT2D eigenvalue weighted by molar-refractivity contribution is -0.199. The van der Waals surface area contributed by atoms with Gasteiger partial charge in [0.25, 0.3) is 0 Å². The maximum atomic E-state index is 14.3. The molecule has 0 aromatic rings. The molecule has 0 aromatic heterocycles. The number of hydrogen-bond donors (Lipinski definition) is 8. The van der Waals surface area contributed by atoms with Crippen molar-refractivity contribution in [3.8, 4) is 0 Å². The van der Waals surface area contributed by atoms with Crippen LogP contribution in [0.1, 0.15) is 143 Å². The average molecular weight is 759 g/mol. The first-order valence-corrected chi connectivity index (χ1v) is 22.1. The highest BCUT2D eigenvalue weighted by molar-refractivity contribution is 5.95. The Hall–Kier alpha value is -0.950. The molecule has 0 amide bonds. The number of piperidine rings is 1. The summed E-state index contributed by atoms with van der Waals surface area (Å²) in [7, 11) is 0. The Morgan fingerprint density at radius 2 is 1.78 bits per heavy atom. The number of aliphatic hydroxyl groups excluding tert-OH is 4. The number of allylic oxidation sites excluding steroid dienone is 1. The summed E-state index contributed by atoms with van der Waals surface area (Å²) in [4.78, 5) is 14.3. The molecule has 0 spiro atoms. The summed E-state index contributed by atoms with van der Waals surface area (Å²) in [5, 5.41) is 73.1. The molecule has 0 radical (unpaired) electrons. The Balaban J connectivity index is 1.14. The van der Waals surface area contributed by atoms with E-state index in [2.05, 4.69) is 26.1 Å². The molecule has 18 unspecified atom stereocenters. The number of rotatable bonds is 11. The van der Waals surface area contributed by atoms with Gasteiger partial charge in [0.15, 0.2) is 5.78 Å². The molecule has 9 N–H and O–H groups in total. The van der Waals surface area contributed by atoms with Crippen molar-refractivity contribution in [3.05, 3.63) is 11.6 Å². The molecule has 0 aromatic carbocycles. The van der Waals surface area contributed by atoms with Crippen molar-refractivity contribution in [1.82, 2.24) is 5.32 Å². The molecular formula is C44H74N2O8. The summed E-state index contributed by atoms with van der Waals surface area (Å²) in [6.45, 7) is 8.37. The zero-order valence-corrected chi connectivity index (χ0v) is 33.7. The Morgan fingerprint density at radius 3 is 2.52 bits per heavy atom. The van der Waals surface area contributed by atoms with E-state index in [0.717, 1.165) is 56.4 Å². The Kier molecular flexibility index (Phi) is 12.0. The van der Waals surface area contributed by atoms with Crippen LogP contribution in [0, 0.1) is 52.3 Å². The molecule has 10 nitrogen and oxygen atoms in total. The van der Waals surface area contributed by atoms with Crippen LogP contribution in [0.15, 0.2) is 11.6 Å². The Morgan fingerprint density at radius 1 is 1.02 bits per heavy atom. The molecular weight excluding hydrogens is 684 g/mol. The molecule has 18 atom stereocenters. The fraction of sp³-hybridized carbons (Fsp3) is 0.932. The van der Waals surface area contributed by atoms with Crippen molar-refractivity contribution in [2.24, 2.45) is 58.0 Å². The van der Waals surface area contributed by atoms with E-state index in [4.69, 9.17) is 10.5 Å². The second kappa shape index (κ2) is 15.7. The van der Waals surface area contributed by atoms with E-state index in [-0.39, 0.29) is 49.0 Å². The van der Waals surface area contributed by atoms with Gasteiger partial charge >= 0.3 is 0 Å². The lowest BCUT2D eigenvalue weighted by Gasteiger charge is -2.62. The standard InChI is InChI=1S/C44H74N2O8/c1-5-7-26-9-12-28-25(2)39(54-36(28)13-10-26)40(51)42(4,52)37-17-20-44(53)30-22-33(48)31-23-34(49)35(50)24-43(31,29(30)16-18-41(37,44)3)19-15-27-11-14-38(45)46-32(27)8-6-21-47/h22,25-29,31-32,34-40,46-47,49-53H,5-21,23-24,45H2,1-4H3. The molecule has 54 heavy (non-hydrogen) atoms. The van der Waals surface area contributed by atoms with Gasteiger partial charge in [-0.3, -0.25) is 10.1 Å². The zero-order valence-electron chi connectivity index (χ0n) is 33.7. The number of carbonyl (C=O) groups excluding carboxylic acids is 1. The molecule has 4 saturated carbocycles. The predicted octanol–water partition coefficient (Wildman–Crippen LogP) is 4.50. The third-order valence-corrected chi connectivity index (χ3v) is 17.4. The monoisotopic (exact) mass is 759 g/mol. The van der Waals surface area contributed by atoms with Crippen LogP contribution in [0.5, 0.6) is 0 Å². The number of ether oxygens (including phenoxy) is 1. The molecule has 2 aliphatic heterocycles. The number of ketones is 1. The quantitative estimate of drug-likeness (QED) is 0.149. The largest absolute Gasteiger partial charge is 0.396 e. The lowest BCUT2D eigenvalue weighted by Crippen LogP contribution is -2.64. The highest BCUT2D eigenvalue weighted by atomic mass is 16.5. The van der Waals surface area contributed by atoms with Gasteiger partial charge in [0.05, 0.1) is 41.8 Å². The van der Waals surface area contributed by atoms with Gasteiger partial charge in [-0.2, -0.15) is 0 Å². The van der Waals surface area contributed by atoms with Gasteiger partial charge in [0.2, 0.25) is 0 Å². The predicted molar refractivity (Wildman–Crippen MR) is 207 cm³/mol. The summed E-state index contributed by atoms with van der Waals surface area (Å²) in [5.74, 6) is 0.433. The molecule has 5 aliphatic carbocycles.